The fourth-order valence-electron chi connectivity index (χ4n) is 2.37. The van der Waals surface area contributed by atoms with Crippen LogP contribution in [-0.4, -0.2) is 12.5 Å². The zero-order valence-corrected chi connectivity index (χ0v) is 11.2. The van der Waals surface area contributed by atoms with Crippen molar-refractivity contribution >= 4 is 5.91 Å². The van der Waals surface area contributed by atoms with Crippen LogP contribution in [0, 0.1) is 12.8 Å². The van der Waals surface area contributed by atoms with Gasteiger partial charge in [-0.25, -0.2) is 0 Å². The molecule has 1 aromatic carbocycles. The van der Waals surface area contributed by atoms with Gasteiger partial charge in [0.2, 0.25) is 5.91 Å². The minimum atomic E-state index is 0.118. The molecule has 2 heteroatoms. The first-order valence-electron chi connectivity index (χ1n) is 6.68. The van der Waals surface area contributed by atoms with Crippen molar-refractivity contribution in [2.24, 2.45) is 5.92 Å². The molecular weight excluding hydrogens is 222 g/mol. The third kappa shape index (κ3) is 3.46. The van der Waals surface area contributed by atoms with Crippen LogP contribution >= 0.6 is 0 Å². The van der Waals surface area contributed by atoms with E-state index in [9.17, 15) is 4.79 Å². The third-order valence-electron chi connectivity index (χ3n) is 3.41. The van der Waals surface area contributed by atoms with Crippen molar-refractivity contribution in [3.63, 3.8) is 0 Å². The number of carbonyl (C=O) groups excluding carboxylic acids is 1. The minimum Gasteiger partial charge on any atom is -0.352 e. The summed E-state index contributed by atoms with van der Waals surface area (Å²) in [7, 11) is 0. The Morgan fingerprint density at radius 2 is 2.28 bits per heavy atom. The number of hydrogen-bond acceptors (Lipinski definition) is 1. The lowest BCUT2D eigenvalue weighted by molar-refractivity contribution is -0.117. The van der Waals surface area contributed by atoms with Crippen molar-refractivity contribution in [2.75, 3.05) is 6.54 Å². The second kappa shape index (κ2) is 5.85. The van der Waals surface area contributed by atoms with Gasteiger partial charge in [0.05, 0.1) is 0 Å². The summed E-state index contributed by atoms with van der Waals surface area (Å²) in [6.45, 7) is 4.99. The fraction of sp³-hybridized carbons (Fsp3) is 0.438. The lowest BCUT2D eigenvalue weighted by Gasteiger charge is -2.07. The first kappa shape index (κ1) is 12.9. The SMILES string of the molecule is Cc1cccc(CCNC(=O)C2=CCC(C)C2)c1. The molecule has 1 atom stereocenters. The molecule has 1 N–H and O–H groups in total. The molecule has 0 saturated heterocycles. The number of nitrogens with one attached hydrogen (secondary N) is 1. The van der Waals surface area contributed by atoms with Crippen LogP contribution in [-0.2, 0) is 11.2 Å². The van der Waals surface area contributed by atoms with Gasteiger partial charge in [0.15, 0.2) is 0 Å². The van der Waals surface area contributed by atoms with Crippen molar-refractivity contribution < 1.29 is 4.79 Å². The zero-order valence-electron chi connectivity index (χ0n) is 11.2. The molecule has 0 spiro atoms. The van der Waals surface area contributed by atoms with Crippen LogP contribution in [0.1, 0.15) is 30.9 Å². The quantitative estimate of drug-likeness (QED) is 0.865. The van der Waals surface area contributed by atoms with E-state index in [1.165, 1.54) is 11.1 Å². The van der Waals surface area contributed by atoms with Crippen LogP contribution in [0.5, 0.6) is 0 Å². The standard InChI is InChI=1S/C16H21NO/c1-12-4-3-5-14(10-12)8-9-17-16(18)15-7-6-13(2)11-15/h3-5,7,10,13H,6,8-9,11H2,1-2H3,(H,17,18). The summed E-state index contributed by atoms with van der Waals surface area (Å²) in [4.78, 5) is 11.9. The predicted molar refractivity (Wildman–Crippen MR) is 74.4 cm³/mol. The summed E-state index contributed by atoms with van der Waals surface area (Å²) < 4.78 is 0. The van der Waals surface area contributed by atoms with Crippen molar-refractivity contribution in [3.05, 3.63) is 47.0 Å². The zero-order chi connectivity index (χ0) is 13.0. The van der Waals surface area contributed by atoms with E-state index in [-0.39, 0.29) is 5.91 Å². The van der Waals surface area contributed by atoms with Gasteiger partial charge in [0.25, 0.3) is 0 Å². The molecule has 1 aromatic rings. The van der Waals surface area contributed by atoms with E-state index in [0.717, 1.165) is 24.8 Å². The van der Waals surface area contributed by atoms with Crippen LogP contribution in [0.2, 0.25) is 0 Å². The van der Waals surface area contributed by atoms with Gasteiger partial charge in [-0.1, -0.05) is 42.8 Å². The molecule has 0 saturated carbocycles. The third-order valence-corrected chi connectivity index (χ3v) is 3.41. The number of allylic oxidation sites excluding steroid dienone is 1. The monoisotopic (exact) mass is 243 g/mol. The second-order valence-electron chi connectivity index (χ2n) is 5.27. The molecular formula is C16H21NO. The van der Waals surface area contributed by atoms with Gasteiger partial charge in [0, 0.05) is 12.1 Å². The average Bonchev–Trinajstić information content (AvgIpc) is 2.76. The van der Waals surface area contributed by atoms with E-state index >= 15 is 0 Å². The predicted octanol–water partition coefficient (Wildman–Crippen LogP) is 3.01. The Bertz CT molecular complexity index is 462. The van der Waals surface area contributed by atoms with Gasteiger partial charge >= 0.3 is 0 Å². The number of rotatable bonds is 4. The topological polar surface area (TPSA) is 29.1 Å². The first-order valence-corrected chi connectivity index (χ1v) is 6.68. The van der Waals surface area contributed by atoms with E-state index in [1.54, 1.807) is 0 Å². The molecule has 0 fully saturated rings. The van der Waals surface area contributed by atoms with Gasteiger partial charge in [-0.2, -0.15) is 0 Å². The van der Waals surface area contributed by atoms with Crippen molar-refractivity contribution in [1.29, 1.82) is 0 Å². The normalized spacial score (nSPS) is 18.6. The molecule has 96 valence electrons. The summed E-state index contributed by atoms with van der Waals surface area (Å²) in [6.07, 6.45) is 4.94. The van der Waals surface area contributed by atoms with Crippen molar-refractivity contribution in [2.45, 2.75) is 33.1 Å². The largest absolute Gasteiger partial charge is 0.352 e. The number of amides is 1. The number of aryl methyl sites for hydroxylation is 1. The van der Waals surface area contributed by atoms with Crippen LogP contribution in [0.4, 0.5) is 0 Å². The van der Waals surface area contributed by atoms with Crippen molar-refractivity contribution in [3.8, 4) is 0 Å². The molecule has 1 aliphatic rings. The summed E-state index contributed by atoms with van der Waals surface area (Å²) in [5.74, 6) is 0.745. The van der Waals surface area contributed by atoms with E-state index in [2.05, 4.69) is 49.5 Å². The van der Waals surface area contributed by atoms with E-state index in [0.29, 0.717) is 12.5 Å². The molecule has 1 amide bonds. The van der Waals surface area contributed by atoms with Gasteiger partial charge < -0.3 is 5.32 Å². The Hall–Kier alpha value is -1.57. The molecule has 0 bridgehead atoms. The lowest BCUT2D eigenvalue weighted by Crippen LogP contribution is -2.26. The highest BCUT2D eigenvalue weighted by Gasteiger charge is 2.17. The maximum Gasteiger partial charge on any atom is 0.246 e. The Labute approximate surface area is 109 Å². The van der Waals surface area contributed by atoms with Crippen LogP contribution in [0.25, 0.3) is 0 Å². The molecule has 1 unspecified atom stereocenters. The Balaban J connectivity index is 1.77. The molecule has 0 heterocycles. The molecule has 0 aliphatic heterocycles. The number of carbonyl (C=O) groups is 1. The summed E-state index contributed by atoms with van der Waals surface area (Å²) >= 11 is 0. The van der Waals surface area contributed by atoms with Gasteiger partial charge in [-0.15, -0.1) is 0 Å². The maximum atomic E-state index is 11.9. The Morgan fingerprint density at radius 1 is 1.44 bits per heavy atom. The first-order chi connectivity index (χ1) is 8.65. The lowest BCUT2D eigenvalue weighted by atomic mass is 10.1. The average molecular weight is 243 g/mol. The van der Waals surface area contributed by atoms with Crippen LogP contribution in [0.15, 0.2) is 35.9 Å². The highest BCUT2D eigenvalue weighted by Crippen LogP contribution is 2.23. The molecule has 18 heavy (non-hydrogen) atoms. The molecule has 1 aliphatic carbocycles. The second-order valence-corrected chi connectivity index (χ2v) is 5.27. The van der Waals surface area contributed by atoms with E-state index in [1.807, 2.05) is 0 Å². The van der Waals surface area contributed by atoms with Gasteiger partial charge in [-0.05, 0) is 37.7 Å². The van der Waals surface area contributed by atoms with E-state index < -0.39 is 0 Å². The summed E-state index contributed by atoms with van der Waals surface area (Å²) in [5.41, 5.74) is 3.52. The molecule has 0 radical (unpaired) electrons. The van der Waals surface area contributed by atoms with Crippen molar-refractivity contribution in [1.82, 2.24) is 5.32 Å². The molecule has 2 rings (SSSR count). The van der Waals surface area contributed by atoms with Crippen LogP contribution < -0.4 is 5.32 Å². The van der Waals surface area contributed by atoms with Gasteiger partial charge in [0.1, 0.15) is 0 Å². The maximum absolute atomic E-state index is 11.9. The smallest absolute Gasteiger partial charge is 0.246 e. The Morgan fingerprint density at radius 3 is 2.94 bits per heavy atom. The minimum absolute atomic E-state index is 0.118. The highest BCUT2D eigenvalue weighted by atomic mass is 16.1. The molecule has 0 aromatic heterocycles. The Kier molecular flexibility index (Phi) is 4.19. The van der Waals surface area contributed by atoms with Gasteiger partial charge in [-0.3, -0.25) is 4.79 Å². The van der Waals surface area contributed by atoms with Crippen LogP contribution in [0.3, 0.4) is 0 Å². The molecule has 2 nitrogen and oxygen atoms in total. The summed E-state index contributed by atoms with van der Waals surface area (Å²) in [6, 6.07) is 8.43. The summed E-state index contributed by atoms with van der Waals surface area (Å²) in [5, 5.41) is 3.01. The van der Waals surface area contributed by atoms with E-state index in [4.69, 9.17) is 0 Å². The highest BCUT2D eigenvalue weighted by molar-refractivity contribution is 5.93. The number of hydrogen-bond donors (Lipinski definition) is 1. The fourth-order valence-corrected chi connectivity index (χ4v) is 2.37. The number of benzene rings is 1.